The molecule has 0 saturated heterocycles. The van der Waals surface area contributed by atoms with Gasteiger partial charge in [0.25, 0.3) is 5.89 Å². The highest BCUT2D eigenvalue weighted by Crippen LogP contribution is 2.31. The summed E-state index contributed by atoms with van der Waals surface area (Å²) in [6.07, 6.45) is 0. The second kappa shape index (κ2) is 7.74. The molecule has 0 aliphatic carbocycles. The first-order valence-electron chi connectivity index (χ1n) is 8.94. The van der Waals surface area contributed by atoms with Crippen molar-refractivity contribution >= 4 is 17.6 Å². The molecular formula is C20H18FN7O2. The van der Waals surface area contributed by atoms with Crippen LogP contribution in [0.1, 0.15) is 5.56 Å². The molecule has 4 rings (SSSR count). The van der Waals surface area contributed by atoms with Gasteiger partial charge >= 0.3 is 0 Å². The highest BCUT2D eigenvalue weighted by molar-refractivity contribution is 5.65. The van der Waals surface area contributed by atoms with Gasteiger partial charge in [0.2, 0.25) is 23.5 Å². The fourth-order valence-electron chi connectivity index (χ4n) is 2.85. The van der Waals surface area contributed by atoms with Crippen molar-refractivity contribution < 1.29 is 13.7 Å². The first kappa shape index (κ1) is 19.2. The number of rotatable bonds is 5. The van der Waals surface area contributed by atoms with E-state index in [0.29, 0.717) is 17.3 Å². The highest BCUT2D eigenvalue weighted by atomic mass is 19.1. The Labute approximate surface area is 171 Å². The smallest absolute Gasteiger partial charge is 0.262 e. The van der Waals surface area contributed by atoms with Gasteiger partial charge in [-0.15, -0.1) is 0 Å². The van der Waals surface area contributed by atoms with Crippen molar-refractivity contribution in [1.29, 1.82) is 0 Å². The van der Waals surface area contributed by atoms with Crippen molar-refractivity contribution in [2.75, 3.05) is 24.8 Å². The van der Waals surface area contributed by atoms with Crippen molar-refractivity contribution in [2.24, 2.45) is 0 Å². The molecule has 30 heavy (non-hydrogen) atoms. The Morgan fingerprint density at radius 2 is 1.87 bits per heavy atom. The number of hydrogen-bond acceptors (Lipinski definition) is 9. The van der Waals surface area contributed by atoms with Crippen LogP contribution < -0.4 is 15.4 Å². The number of halogens is 1. The number of aromatic nitrogens is 5. The number of methoxy groups -OCH3 is 1. The lowest BCUT2D eigenvalue weighted by Gasteiger charge is -2.17. The third-order valence-electron chi connectivity index (χ3n) is 4.35. The second-order valence-corrected chi connectivity index (χ2v) is 6.48. The maximum atomic E-state index is 13.7. The number of nitrogen functional groups attached to an aromatic ring is 1. The van der Waals surface area contributed by atoms with Gasteiger partial charge in [-0.05, 0) is 42.8 Å². The molecule has 0 unspecified atom stereocenters. The van der Waals surface area contributed by atoms with Crippen molar-refractivity contribution in [3.8, 4) is 28.9 Å². The van der Waals surface area contributed by atoms with Crippen LogP contribution in [0.2, 0.25) is 0 Å². The number of nitrogens with zero attached hydrogens (tertiary/aromatic N) is 6. The normalized spacial score (nSPS) is 10.8. The maximum Gasteiger partial charge on any atom is 0.262 e. The van der Waals surface area contributed by atoms with Crippen LogP contribution in [0.15, 0.2) is 47.0 Å². The van der Waals surface area contributed by atoms with Crippen molar-refractivity contribution in [3.63, 3.8) is 0 Å². The number of anilines is 3. The van der Waals surface area contributed by atoms with Gasteiger partial charge in [0.05, 0.1) is 12.7 Å². The van der Waals surface area contributed by atoms with Crippen LogP contribution in [0.25, 0.3) is 23.1 Å². The summed E-state index contributed by atoms with van der Waals surface area (Å²) in [6, 6.07) is 11.8. The quantitative estimate of drug-likeness (QED) is 0.531. The van der Waals surface area contributed by atoms with E-state index in [1.165, 1.54) is 25.3 Å². The van der Waals surface area contributed by atoms with Gasteiger partial charge in [-0.1, -0.05) is 17.3 Å². The first-order valence-corrected chi connectivity index (χ1v) is 8.94. The van der Waals surface area contributed by atoms with E-state index >= 15 is 0 Å². The number of benzene rings is 2. The van der Waals surface area contributed by atoms with Crippen molar-refractivity contribution in [1.82, 2.24) is 25.1 Å². The predicted octanol–water partition coefficient (Wildman–Crippen LogP) is 3.39. The molecule has 152 valence electrons. The van der Waals surface area contributed by atoms with E-state index in [1.807, 2.05) is 38.2 Å². The average molecular weight is 407 g/mol. The van der Waals surface area contributed by atoms with Crippen LogP contribution in [0.5, 0.6) is 5.75 Å². The lowest BCUT2D eigenvalue weighted by molar-refractivity contribution is 0.404. The van der Waals surface area contributed by atoms with Gasteiger partial charge < -0.3 is 19.9 Å². The summed E-state index contributed by atoms with van der Waals surface area (Å²) in [5, 5.41) is 3.91. The zero-order chi connectivity index (χ0) is 21.3. The Kier molecular flexibility index (Phi) is 4.97. The summed E-state index contributed by atoms with van der Waals surface area (Å²) in [7, 11) is 3.28. The Morgan fingerprint density at radius 3 is 2.63 bits per heavy atom. The highest BCUT2D eigenvalue weighted by Gasteiger charge is 2.19. The molecule has 9 nitrogen and oxygen atoms in total. The Bertz CT molecular complexity index is 1210. The molecule has 10 heteroatoms. The molecule has 0 aliphatic rings. The second-order valence-electron chi connectivity index (χ2n) is 6.48. The maximum absolute atomic E-state index is 13.7. The summed E-state index contributed by atoms with van der Waals surface area (Å²) >= 11 is 0. The molecule has 0 fully saturated rings. The van der Waals surface area contributed by atoms with E-state index in [0.717, 1.165) is 11.3 Å². The Hall–Kier alpha value is -4.08. The molecule has 4 aromatic rings. The minimum atomic E-state index is -0.461. The van der Waals surface area contributed by atoms with E-state index < -0.39 is 5.82 Å². The van der Waals surface area contributed by atoms with Crippen LogP contribution in [0.4, 0.5) is 22.0 Å². The predicted molar refractivity (Wildman–Crippen MR) is 109 cm³/mol. The van der Waals surface area contributed by atoms with Crippen molar-refractivity contribution in [2.45, 2.75) is 6.92 Å². The largest absolute Gasteiger partial charge is 0.496 e. The van der Waals surface area contributed by atoms with Crippen LogP contribution in [-0.2, 0) is 0 Å². The van der Waals surface area contributed by atoms with Crippen LogP contribution in [0, 0.1) is 12.7 Å². The zero-order valence-corrected chi connectivity index (χ0v) is 16.5. The molecule has 0 spiro atoms. The van der Waals surface area contributed by atoms with E-state index in [1.54, 1.807) is 4.90 Å². The Morgan fingerprint density at radius 1 is 1.03 bits per heavy atom. The molecule has 0 saturated carbocycles. The summed E-state index contributed by atoms with van der Waals surface area (Å²) in [6.45, 7) is 1.99. The number of nitrogens with two attached hydrogens (primary N) is 1. The third kappa shape index (κ3) is 3.75. The molecular weight excluding hydrogens is 389 g/mol. The molecule has 0 bridgehead atoms. The zero-order valence-electron chi connectivity index (χ0n) is 16.5. The summed E-state index contributed by atoms with van der Waals surface area (Å²) < 4.78 is 24.2. The molecule has 0 atom stereocenters. The monoisotopic (exact) mass is 407 g/mol. The molecule has 2 aromatic carbocycles. The van der Waals surface area contributed by atoms with Crippen LogP contribution in [0.3, 0.4) is 0 Å². The average Bonchev–Trinajstić information content (AvgIpc) is 3.23. The molecule has 0 aliphatic heterocycles. The first-order chi connectivity index (χ1) is 14.4. The third-order valence-corrected chi connectivity index (χ3v) is 4.35. The summed E-state index contributed by atoms with van der Waals surface area (Å²) in [5.41, 5.74) is 8.17. The SMILES string of the molecule is COc1ccc(F)cc1-c1nc(-c2nc(N)nc(N(C)c3cccc(C)c3)n2)no1. The summed E-state index contributed by atoms with van der Waals surface area (Å²) in [5.74, 6) is 0.529. The minimum Gasteiger partial charge on any atom is -0.496 e. The van der Waals surface area contributed by atoms with Gasteiger partial charge in [-0.25, -0.2) is 4.39 Å². The van der Waals surface area contributed by atoms with Gasteiger partial charge in [0.15, 0.2) is 0 Å². The van der Waals surface area contributed by atoms with E-state index in [-0.39, 0.29) is 23.5 Å². The lowest BCUT2D eigenvalue weighted by atomic mass is 10.2. The number of hydrogen-bond donors (Lipinski definition) is 1. The molecule has 2 heterocycles. The van der Waals surface area contributed by atoms with E-state index in [4.69, 9.17) is 15.0 Å². The number of aryl methyl sites for hydroxylation is 1. The Balaban J connectivity index is 1.72. The number of ether oxygens (including phenoxy) is 1. The van der Waals surface area contributed by atoms with E-state index in [2.05, 4.69) is 25.1 Å². The van der Waals surface area contributed by atoms with Crippen LogP contribution >= 0.6 is 0 Å². The standard InChI is InChI=1S/C20H18FN7O2/c1-11-5-4-6-13(9-11)28(2)20-25-16(24-19(22)26-20)17-23-18(30-27-17)14-10-12(21)7-8-15(14)29-3/h4-10H,1-3H3,(H2,22,24,25,26). The molecule has 2 N–H and O–H groups in total. The molecule has 2 aromatic heterocycles. The van der Waals surface area contributed by atoms with Gasteiger partial charge in [-0.2, -0.15) is 19.9 Å². The fourth-order valence-corrected chi connectivity index (χ4v) is 2.85. The minimum absolute atomic E-state index is 0.00388. The fraction of sp³-hybridized carbons (Fsp3) is 0.150. The van der Waals surface area contributed by atoms with Crippen LogP contribution in [-0.4, -0.2) is 39.3 Å². The van der Waals surface area contributed by atoms with Crippen molar-refractivity contribution in [3.05, 3.63) is 53.8 Å². The van der Waals surface area contributed by atoms with Gasteiger partial charge in [0, 0.05) is 12.7 Å². The lowest BCUT2D eigenvalue weighted by Crippen LogP contribution is -2.15. The van der Waals surface area contributed by atoms with Gasteiger partial charge in [0.1, 0.15) is 11.6 Å². The summed E-state index contributed by atoms with van der Waals surface area (Å²) in [4.78, 5) is 18.8. The topological polar surface area (TPSA) is 116 Å². The molecule has 0 amide bonds. The molecule has 0 radical (unpaired) electrons. The van der Waals surface area contributed by atoms with E-state index in [9.17, 15) is 4.39 Å². The van der Waals surface area contributed by atoms with Gasteiger partial charge in [-0.3, -0.25) is 0 Å².